The minimum atomic E-state index is -4.64. The topological polar surface area (TPSA) is 29.5 Å². The average molecular weight is 272 g/mol. The second kappa shape index (κ2) is 4.98. The first-order chi connectivity index (χ1) is 8.92. The first kappa shape index (κ1) is 14.1. The highest BCUT2D eigenvalue weighted by atomic mass is 19.4. The molecule has 0 heterocycles. The van der Waals surface area contributed by atoms with E-state index in [0.29, 0.717) is 0 Å². The van der Waals surface area contributed by atoms with E-state index in [1.807, 2.05) is 0 Å². The monoisotopic (exact) mass is 272 g/mol. The first-order valence-electron chi connectivity index (χ1n) is 6.00. The van der Waals surface area contributed by atoms with Crippen LogP contribution in [0.4, 0.5) is 13.2 Å². The van der Waals surface area contributed by atoms with Crippen LogP contribution < -0.4 is 0 Å². The average Bonchev–Trinajstić information content (AvgIpc) is 2.37. The summed E-state index contributed by atoms with van der Waals surface area (Å²) in [6.07, 6.45) is -5.16. The fourth-order valence-electron chi connectivity index (χ4n) is 2.47. The molecule has 0 saturated carbocycles. The number of aliphatic hydroxyl groups is 1. The number of fused-ring (bicyclic) bond motifs is 1. The van der Waals surface area contributed by atoms with Crippen LogP contribution in [0.2, 0.25) is 0 Å². The molecule has 0 unspecified atom stereocenters. The summed E-state index contributed by atoms with van der Waals surface area (Å²) in [5.41, 5.74) is -1.53. The van der Waals surface area contributed by atoms with Crippen molar-refractivity contribution >= 4 is 0 Å². The molecule has 0 radical (unpaired) electrons. The lowest BCUT2D eigenvalue weighted by molar-refractivity contribution is -0.311. The molecule has 0 aliphatic heterocycles. The molecule has 1 aliphatic rings. The maximum Gasteiger partial charge on any atom is 0.420 e. The van der Waals surface area contributed by atoms with Gasteiger partial charge in [0.2, 0.25) is 0 Å². The SMILES string of the molecule is C=CCO[C@@]1(C(F)(F)F)CCc2ccccc2[C@@H]1O. The molecule has 2 atom stereocenters. The number of rotatable bonds is 3. The van der Waals surface area contributed by atoms with Gasteiger partial charge in [0.15, 0.2) is 5.60 Å². The van der Waals surface area contributed by atoms with Gasteiger partial charge in [-0.15, -0.1) is 6.58 Å². The van der Waals surface area contributed by atoms with Crippen molar-refractivity contribution in [3.8, 4) is 0 Å². The van der Waals surface area contributed by atoms with E-state index in [1.165, 1.54) is 12.1 Å². The molecule has 0 fully saturated rings. The van der Waals surface area contributed by atoms with Gasteiger partial charge in [0.05, 0.1) is 6.61 Å². The fraction of sp³-hybridized carbons (Fsp3) is 0.429. The van der Waals surface area contributed by atoms with Crippen LogP contribution >= 0.6 is 0 Å². The summed E-state index contributed by atoms with van der Waals surface area (Å²) in [5.74, 6) is 0. The van der Waals surface area contributed by atoms with Gasteiger partial charge in [-0.25, -0.2) is 0 Å². The van der Waals surface area contributed by atoms with Crippen LogP contribution in [0.25, 0.3) is 0 Å². The Balaban J connectivity index is 2.44. The highest BCUT2D eigenvalue weighted by Gasteiger charge is 2.62. The third kappa shape index (κ3) is 2.28. The number of hydrogen-bond donors (Lipinski definition) is 1. The summed E-state index contributed by atoms with van der Waals surface area (Å²) in [5, 5.41) is 10.2. The molecule has 1 aliphatic carbocycles. The van der Waals surface area contributed by atoms with Gasteiger partial charge >= 0.3 is 6.18 Å². The second-order valence-corrected chi connectivity index (χ2v) is 4.59. The molecule has 0 saturated heterocycles. The van der Waals surface area contributed by atoms with E-state index in [2.05, 4.69) is 6.58 Å². The van der Waals surface area contributed by atoms with Crippen molar-refractivity contribution in [2.75, 3.05) is 6.61 Å². The van der Waals surface area contributed by atoms with Crippen molar-refractivity contribution in [1.82, 2.24) is 0 Å². The Bertz CT molecular complexity index is 470. The van der Waals surface area contributed by atoms with Crippen molar-refractivity contribution in [3.63, 3.8) is 0 Å². The number of ether oxygens (including phenoxy) is 1. The van der Waals surface area contributed by atoms with E-state index >= 15 is 0 Å². The van der Waals surface area contributed by atoms with Crippen molar-refractivity contribution in [2.24, 2.45) is 0 Å². The van der Waals surface area contributed by atoms with Crippen molar-refractivity contribution in [1.29, 1.82) is 0 Å². The molecule has 2 rings (SSSR count). The molecule has 104 valence electrons. The van der Waals surface area contributed by atoms with Gasteiger partial charge < -0.3 is 9.84 Å². The molecular formula is C14H15F3O2. The zero-order chi connectivity index (χ0) is 14.1. The lowest BCUT2D eigenvalue weighted by atomic mass is 9.77. The summed E-state index contributed by atoms with van der Waals surface area (Å²) in [6.45, 7) is 3.10. The number of aryl methyl sites for hydroxylation is 1. The number of benzene rings is 1. The second-order valence-electron chi connectivity index (χ2n) is 4.59. The van der Waals surface area contributed by atoms with E-state index in [0.717, 1.165) is 5.56 Å². The predicted octanol–water partition coefficient (Wildman–Crippen LogP) is 3.17. The van der Waals surface area contributed by atoms with Crippen molar-refractivity contribution in [2.45, 2.75) is 30.7 Å². The Hall–Kier alpha value is -1.33. The molecule has 1 aromatic carbocycles. The molecule has 0 amide bonds. The van der Waals surface area contributed by atoms with Crippen molar-refractivity contribution in [3.05, 3.63) is 48.0 Å². The zero-order valence-electron chi connectivity index (χ0n) is 10.3. The Morgan fingerprint density at radius 3 is 2.74 bits per heavy atom. The van der Waals surface area contributed by atoms with Gasteiger partial charge in [0.25, 0.3) is 0 Å². The molecule has 0 aromatic heterocycles. The van der Waals surface area contributed by atoms with Crippen LogP contribution in [-0.2, 0) is 11.2 Å². The lowest BCUT2D eigenvalue weighted by Gasteiger charge is -2.42. The predicted molar refractivity (Wildman–Crippen MR) is 64.7 cm³/mol. The Kier molecular flexibility index (Phi) is 3.69. The quantitative estimate of drug-likeness (QED) is 0.856. The summed E-state index contributed by atoms with van der Waals surface area (Å²) in [7, 11) is 0. The van der Waals surface area contributed by atoms with Crippen molar-refractivity contribution < 1.29 is 23.0 Å². The van der Waals surface area contributed by atoms with Crippen LogP contribution in [0, 0.1) is 0 Å². The van der Waals surface area contributed by atoms with Crippen LogP contribution in [0.15, 0.2) is 36.9 Å². The number of alkyl halides is 3. The Labute approximate surface area is 109 Å². The number of hydrogen-bond acceptors (Lipinski definition) is 2. The fourth-order valence-corrected chi connectivity index (χ4v) is 2.47. The number of aliphatic hydroxyl groups excluding tert-OH is 1. The van der Waals surface area contributed by atoms with E-state index in [1.54, 1.807) is 18.2 Å². The minimum Gasteiger partial charge on any atom is -0.385 e. The Morgan fingerprint density at radius 1 is 1.42 bits per heavy atom. The lowest BCUT2D eigenvalue weighted by Crippen LogP contribution is -2.54. The normalized spacial score (nSPS) is 26.8. The third-order valence-corrected chi connectivity index (χ3v) is 3.50. The van der Waals surface area contributed by atoms with E-state index < -0.39 is 17.9 Å². The first-order valence-corrected chi connectivity index (χ1v) is 6.00. The molecule has 1 N–H and O–H groups in total. The van der Waals surface area contributed by atoms with Gasteiger partial charge in [-0.05, 0) is 24.0 Å². The van der Waals surface area contributed by atoms with Gasteiger partial charge in [0, 0.05) is 0 Å². The molecule has 5 heteroatoms. The third-order valence-electron chi connectivity index (χ3n) is 3.50. The minimum absolute atomic E-state index is 0.226. The largest absolute Gasteiger partial charge is 0.420 e. The molecule has 0 spiro atoms. The summed E-state index contributed by atoms with van der Waals surface area (Å²) >= 11 is 0. The summed E-state index contributed by atoms with van der Waals surface area (Å²) in [6, 6.07) is 6.60. The van der Waals surface area contributed by atoms with E-state index in [4.69, 9.17) is 4.74 Å². The van der Waals surface area contributed by atoms with Crippen LogP contribution in [0.5, 0.6) is 0 Å². The maximum absolute atomic E-state index is 13.3. The maximum atomic E-state index is 13.3. The number of halogens is 3. The molecule has 1 aromatic rings. The standard InChI is InChI=1S/C14H15F3O2/c1-2-9-19-13(14(15,16)17)8-7-10-5-3-4-6-11(10)12(13)18/h2-6,12,18H,1,7-9H2/t12-,13-/m0/s1. The molecule has 19 heavy (non-hydrogen) atoms. The van der Waals surface area contributed by atoms with Gasteiger partial charge in [-0.1, -0.05) is 30.3 Å². The smallest absolute Gasteiger partial charge is 0.385 e. The van der Waals surface area contributed by atoms with Crippen LogP contribution in [0.3, 0.4) is 0 Å². The molecule has 0 bridgehead atoms. The molecular weight excluding hydrogens is 257 g/mol. The highest BCUT2D eigenvalue weighted by Crippen LogP contribution is 2.49. The molecule has 2 nitrogen and oxygen atoms in total. The summed E-state index contributed by atoms with van der Waals surface area (Å²) in [4.78, 5) is 0. The summed E-state index contributed by atoms with van der Waals surface area (Å²) < 4.78 is 45.0. The van der Waals surface area contributed by atoms with E-state index in [-0.39, 0.29) is 25.0 Å². The van der Waals surface area contributed by atoms with Gasteiger partial charge in [0.1, 0.15) is 6.10 Å². The highest BCUT2D eigenvalue weighted by molar-refractivity contribution is 5.35. The van der Waals surface area contributed by atoms with E-state index in [9.17, 15) is 18.3 Å². The zero-order valence-corrected chi connectivity index (χ0v) is 10.3. The van der Waals surface area contributed by atoms with Gasteiger partial charge in [-0.2, -0.15) is 13.2 Å². The van der Waals surface area contributed by atoms with Crippen LogP contribution in [-0.4, -0.2) is 23.5 Å². The van der Waals surface area contributed by atoms with Crippen LogP contribution in [0.1, 0.15) is 23.7 Å². The Morgan fingerprint density at radius 2 is 2.11 bits per heavy atom. The van der Waals surface area contributed by atoms with Gasteiger partial charge in [-0.3, -0.25) is 0 Å².